The quantitative estimate of drug-likeness (QED) is 0.612. The van der Waals surface area contributed by atoms with Gasteiger partial charge in [-0.15, -0.1) is 0 Å². The second-order valence-corrected chi connectivity index (χ2v) is 5.81. The van der Waals surface area contributed by atoms with Gasteiger partial charge >= 0.3 is 5.97 Å². The summed E-state index contributed by atoms with van der Waals surface area (Å²) in [7, 11) is 1.31. The van der Waals surface area contributed by atoms with Gasteiger partial charge in [-0.3, -0.25) is 9.59 Å². The molecule has 20 heavy (non-hydrogen) atoms. The van der Waals surface area contributed by atoms with Gasteiger partial charge in [-0.05, 0) is 18.9 Å². The summed E-state index contributed by atoms with van der Waals surface area (Å²) in [4.78, 5) is 24.0. The third kappa shape index (κ3) is 1.95. The number of carbonyl (C=O) groups is 2. The van der Waals surface area contributed by atoms with Crippen LogP contribution in [-0.2, 0) is 19.1 Å². The van der Waals surface area contributed by atoms with Crippen molar-refractivity contribution in [3.05, 3.63) is 35.9 Å². The highest BCUT2D eigenvalue weighted by atomic mass is 16.5. The normalized spacial score (nSPS) is 35.9. The maximum atomic E-state index is 12.3. The number of methoxy groups -OCH3 is 1. The third-order valence-electron chi connectivity index (χ3n) is 4.53. The fraction of sp³-hybridized carbons (Fsp3) is 0.500. The molecule has 0 saturated carbocycles. The van der Waals surface area contributed by atoms with E-state index in [4.69, 9.17) is 9.47 Å². The number of benzene rings is 1. The highest BCUT2D eigenvalue weighted by molar-refractivity contribution is 6.01. The minimum Gasteiger partial charge on any atom is -0.468 e. The molecular weight excluding hydrogens is 256 g/mol. The minimum absolute atomic E-state index is 0.0611. The van der Waals surface area contributed by atoms with Gasteiger partial charge < -0.3 is 9.47 Å². The van der Waals surface area contributed by atoms with Gasteiger partial charge in [-0.2, -0.15) is 0 Å². The van der Waals surface area contributed by atoms with Crippen molar-refractivity contribution in [1.82, 2.24) is 0 Å². The molecule has 106 valence electrons. The number of ether oxygens (including phenoxy) is 2. The van der Waals surface area contributed by atoms with Gasteiger partial charge in [0.05, 0.1) is 18.8 Å². The average Bonchev–Trinajstić information content (AvgIpc) is 2.71. The topological polar surface area (TPSA) is 52.6 Å². The van der Waals surface area contributed by atoms with Gasteiger partial charge in [0.2, 0.25) is 0 Å². The molecule has 2 bridgehead atoms. The number of Topliss-reactive ketones (excluding diaryl/α,β-unsaturated/α-hetero) is 1. The Hall–Kier alpha value is -1.68. The molecule has 2 fully saturated rings. The predicted octanol–water partition coefficient (Wildman–Crippen LogP) is 2.08. The lowest BCUT2D eigenvalue weighted by molar-refractivity contribution is -0.168. The Labute approximate surface area is 118 Å². The number of rotatable bonds is 2. The van der Waals surface area contributed by atoms with Crippen LogP contribution in [0.15, 0.2) is 30.3 Å². The van der Waals surface area contributed by atoms with Crippen LogP contribution in [0.5, 0.6) is 0 Å². The van der Waals surface area contributed by atoms with Crippen LogP contribution < -0.4 is 0 Å². The van der Waals surface area contributed by atoms with Crippen molar-refractivity contribution in [1.29, 1.82) is 0 Å². The highest BCUT2D eigenvalue weighted by Crippen LogP contribution is 2.51. The van der Waals surface area contributed by atoms with E-state index < -0.39 is 17.5 Å². The zero-order valence-electron chi connectivity index (χ0n) is 11.7. The molecule has 3 rings (SSSR count). The van der Waals surface area contributed by atoms with Crippen molar-refractivity contribution in [2.45, 2.75) is 37.4 Å². The van der Waals surface area contributed by atoms with E-state index in [2.05, 4.69) is 12.1 Å². The molecule has 4 heteroatoms. The van der Waals surface area contributed by atoms with Crippen LogP contribution in [0.4, 0.5) is 0 Å². The van der Waals surface area contributed by atoms with Crippen LogP contribution in [0.25, 0.3) is 0 Å². The molecule has 0 unspecified atom stereocenters. The zero-order valence-corrected chi connectivity index (χ0v) is 11.7. The van der Waals surface area contributed by atoms with Gasteiger partial charge in [-0.1, -0.05) is 30.3 Å². The molecule has 1 aromatic carbocycles. The van der Waals surface area contributed by atoms with E-state index in [1.54, 1.807) is 0 Å². The Bertz CT molecular complexity index is 539. The Morgan fingerprint density at radius 2 is 2.05 bits per heavy atom. The number of fused-ring (bicyclic) bond motifs is 2. The van der Waals surface area contributed by atoms with E-state index in [0.29, 0.717) is 6.42 Å². The second kappa shape index (κ2) is 4.70. The lowest BCUT2D eigenvalue weighted by atomic mass is 9.81. The molecule has 1 aromatic rings. The van der Waals surface area contributed by atoms with Crippen molar-refractivity contribution >= 4 is 11.8 Å². The SMILES string of the molecule is COC(=O)[C@H]1C(=O)C[C@@]2(C)O[C@@H]1C[C@@H]2c1ccccc1. The number of ketones is 1. The molecule has 2 aliphatic rings. The van der Waals surface area contributed by atoms with Crippen molar-refractivity contribution < 1.29 is 19.1 Å². The van der Waals surface area contributed by atoms with Crippen molar-refractivity contribution in [3.8, 4) is 0 Å². The second-order valence-electron chi connectivity index (χ2n) is 5.81. The van der Waals surface area contributed by atoms with Gasteiger partial charge in [-0.25, -0.2) is 0 Å². The number of esters is 1. The summed E-state index contributed by atoms with van der Waals surface area (Å²) in [5.74, 6) is -1.15. The van der Waals surface area contributed by atoms with Gasteiger partial charge in [0.1, 0.15) is 5.92 Å². The first-order chi connectivity index (χ1) is 9.55. The van der Waals surface area contributed by atoms with Crippen LogP contribution in [0.3, 0.4) is 0 Å². The monoisotopic (exact) mass is 274 g/mol. The smallest absolute Gasteiger partial charge is 0.318 e. The first-order valence-electron chi connectivity index (χ1n) is 6.88. The van der Waals surface area contributed by atoms with E-state index >= 15 is 0 Å². The van der Waals surface area contributed by atoms with Crippen molar-refractivity contribution in [2.75, 3.05) is 7.11 Å². The van der Waals surface area contributed by atoms with Crippen LogP contribution in [0.1, 0.15) is 31.2 Å². The molecule has 0 aromatic heterocycles. The number of hydrogen-bond donors (Lipinski definition) is 0. The summed E-state index contributed by atoms with van der Waals surface area (Å²) in [6.45, 7) is 1.97. The van der Waals surface area contributed by atoms with Gasteiger partial charge in [0, 0.05) is 12.3 Å². The Kier molecular flexibility index (Phi) is 3.13. The maximum Gasteiger partial charge on any atom is 0.318 e. The van der Waals surface area contributed by atoms with Crippen LogP contribution in [-0.4, -0.2) is 30.6 Å². The molecule has 4 atom stereocenters. The number of carbonyl (C=O) groups excluding carboxylic acids is 2. The van der Waals surface area contributed by atoms with E-state index in [9.17, 15) is 9.59 Å². The summed E-state index contributed by atoms with van der Waals surface area (Å²) in [5, 5.41) is 0. The minimum atomic E-state index is -0.762. The summed E-state index contributed by atoms with van der Waals surface area (Å²) < 4.78 is 10.8. The van der Waals surface area contributed by atoms with E-state index in [1.807, 2.05) is 25.1 Å². The van der Waals surface area contributed by atoms with Crippen LogP contribution >= 0.6 is 0 Å². The van der Waals surface area contributed by atoms with Crippen molar-refractivity contribution in [3.63, 3.8) is 0 Å². The fourth-order valence-corrected chi connectivity index (χ4v) is 3.57. The molecule has 2 heterocycles. The van der Waals surface area contributed by atoms with Gasteiger partial charge in [0.15, 0.2) is 5.78 Å². The Morgan fingerprint density at radius 3 is 2.70 bits per heavy atom. The molecule has 4 nitrogen and oxygen atoms in total. The van der Waals surface area contributed by atoms with Crippen molar-refractivity contribution in [2.24, 2.45) is 5.92 Å². The first kappa shape index (κ1) is 13.3. The predicted molar refractivity (Wildman–Crippen MR) is 72.2 cm³/mol. The first-order valence-corrected chi connectivity index (χ1v) is 6.88. The van der Waals surface area contributed by atoms with E-state index in [0.717, 1.165) is 5.56 Å². The summed E-state index contributed by atoms with van der Waals surface area (Å²) >= 11 is 0. The molecule has 0 N–H and O–H groups in total. The molecule has 0 radical (unpaired) electrons. The molecular formula is C16H18O4. The van der Waals surface area contributed by atoms with Gasteiger partial charge in [0.25, 0.3) is 0 Å². The molecule has 0 amide bonds. The average molecular weight is 274 g/mol. The lowest BCUT2D eigenvalue weighted by Crippen LogP contribution is -2.46. The zero-order chi connectivity index (χ0) is 14.3. The van der Waals surface area contributed by atoms with Crippen LogP contribution in [0.2, 0.25) is 0 Å². The molecule has 0 spiro atoms. The summed E-state index contributed by atoms with van der Waals surface area (Å²) in [5.41, 5.74) is 0.656. The standard InChI is InChI=1S/C16H18O4/c1-16-9-12(17)14(15(18)19-2)13(20-16)8-11(16)10-6-4-3-5-7-10/h3-7,11,13-14H,8-9H2,1-2H3/t11-,13-,14+,16-/m1/s1. The summed E-state index contributed by atoms with van der Waals surface area (Å²) in [6, 6.07) is 10.0. The third-order valence-corrected chi connectivity index (χ3v) is 4.53. The lowest BCUT2D eigenvalue weighted by Gasteiger charge is -2.35. The van der Waals surface area contributed by atoms with E-state index in [-0.39, 0.29) is 24.2 Å². The highest BCUT2D eigenvalue weighted by Gasteiger charge is 2.57. The molecule has 2 aliphatic heterocycles. The Balaban J connectivity index is 1.93. The maximum absolute atomic E-state index is 12.3. The fourth-order valence-electron chi connectivity index (χ4n) is 3.57. The largest absolute Gasteiger partial charge is 0.468 e. The summed E-state index contributed by atoms with van der Waals surface area (Å²) in [6.07, 6.45) is 0.591. The molecule has 2 saturated heterocycles. The Morgan fingerprint density at radius 1 is 1.35 bits per heavy atom. The van der Waals surface area contributed by atoms with E-state index in [1.165, 1.54) is 7.11 Å². The number of hydrogen-bond acceptors (Lipinski definition) is 4. The van der Waals surface area contributed by atoms with Crippen LogP contribution in [0, 0.1) is 5.92 Å². The molecule has 0 aliphatic carbocycles.